The number of hydrogen-bond donors (Lipinski definition) is 2. The van der Waals surface area contributed by atoms with Crippen LogP contribution in [0.2, 0.25) is 0 Å². The number of H-pyrrole nitrogens is 1. The Morgan fingerprint density at radius 3 is 2.48 bits per heavy atom. The second-order valence-electron chi connectivity index (χ2n) is 7.99. The molecule has 0 aliphatic rings. The summed E-state index contributed by atoms with van der Waals surface area (Å²) in [5.41, 5.74) is 2.77. The first-order chi connectivity index (χ1) is 16.1. The molecule has 3 aromatic carbocycles. The molecule has 0 radical (unpaired) electrons. The van der Waals surface area contributed by atoms with Gasteiger partial charge < -0.3 is 19.9 Å². The summed E-state index contributed by atoms with van der Waals surface area (Å²) in [7, 11) is 3.75. The molecule has 6 heteroatoms. The van der Waals surface area contributed by atoms with Crippen LogP contribution in [0.3, 0.4) is 0 Å². The largest absolute Gasteiger partial charge is 0.497 e. The van der Waals surface area contributed by atoms with E-state index in [2.05, 4.69) is 58.6 Å². The van der Waals surface area contributed by atoms with E-state index in [1.807, 2.05) is 42.5 Å². The molecule has 0 aliphatic carbocycles. The SMILES string of the molecule is COc1ccc2c(Sc3ccccc3)c(C(=O)NCCCN(C)Cc3ccccc3)[nH]c2c1. The predicted octanol–water partition coefficient (Wildman–Crippen LogP) is 5.58. The number of hydrogen-bond acceptors (Lipinski definition) is 4. The van der Waals surface area contributed by atoms with Crippen LogP contribution in [0.5, 0.6) is 5.75 Å². The first-order valence-electron chi connectivity index (χ1n) is 11.1. The zero-order valence-corrected chi connectivity index (χ0v) is 19.8. The molecule has 5 nitrogen and oxygen atoms in total. The van der Waals surface area contributed by atoms with Gasteiger partial charge in [0.05, 0.1) is 17.5 Å². The Labute approximate surface area is 199 Å². The molecular formula is C27H29N3O2S. The lowest BCUT2D eigenvalue weighted by Crippen LogP contribution is -2.28. The van der Waals surface area contributed by atoms with Gasteiger partial charge in [0, 0.05) is 29.4 Å². The number of methoxy groups -OCH3 is 1. The number of amides is 1. The smallest absolute Gasteiger partial charge is 0.268 e. The van der Waals surface area contributed by atoms with Crippen LogP contribution < -0.4 is 10.1 Å². The van der Waals surface area contributed by atoms with Crippen LogP contribution in [0, 0.1) is 0 Å². The molecule has 1 aromatic heterocycles. The number of aromatic nitrogens is 1. The highest BCUT2D eigenvalue weighted by molar-refractivity contribution is 7.99. The molecule has 1 amide bonds. The maximum absolute atomic E-state index is 13.1. The molecule has 33 heavy (non-hydrogen) atoms. The van der Waals surface area contributed by atoms with Crippen LogP contribution in [0.25, 0.3) is 10.9 Å². The number of aromatic amines is 1. The van der Waals surface area contributed by atoms with Gasteiger partial charge in [-0.1, -0.05) is 60.3 Å². The Balaban J connectivity index is 1.42. The minimum absolute atomic E-state index is 0.0886. The first kappa shape index (κ1) is 23.0. The summed E-state index contributed by atoms with van der Waals surface area (Å²) in [5, 5.41) is 4.10. The molecule has 0 saturated heterocycles. The molecule has 0 fully saturated rings. The molecule has 0 saturated carbocycles. The fraction of sp³-hybridized carbons (Fsp3) is 0.222. The number of fused-ring (bicyclic) bond motifs is 1. The van der Waals surface area contributed by atoms with Crippen molar-refractivity contribution in [2.75, 3.05) is 27.2 Å². The Morgan fingerprint density at radius 1 is 1.03 bits per heavy atom. The average Bonchev–Trinajstić information content (AvgIpc) is 3.20. The summed E-state index contributed by atoms with van der Waals surface area (Å²) in [6.45, 7) is 2.42. The summed E-state index contributed by atoms with van der Waals surface area (Å²) >= 11 is 1.60. The van der Waals surface area contributed by atoms with E-state index in [9.17, 15) is 4.79 Å². The van der Waals surface area contributed by atoms with Gasteiger partial charge in [-0.15, -0.1) is 0 Å². The van der Waals surface area contributed by atoms with E-state index < -0.39 is 0 Å². The van der Waals surface area contributed by atoms with Gasteiger partial charge in [0.2, 0.25) is 0 Å². The molecule has 0 unspecified atom stereocenters. The fourth-order valence-corrected chi connectivity index (χ4v) is 4.83. The zero-order chi connectivity index (χ0) is 23.0. The highest BCUT2D eigenvalue weighted by Crippen LogP contribution is 2.37. The maximum atomic E-state index is 13.1. The van der Waals surface area contributed by atoms with E-state index >= 15 is 0 Å². The summed E-state index contributed by atoms with van der Waals surface area (Å²) in [6.07, 6.45) is 0.879. The third-order valence-corrected chi connectivity index (χ3v) is 6.58. The van der Waals surface area contributed by atoms with Crippen LogP contribution >= 0.6 is 11.8 Å². The normalized spacial score (nSPS) is 11.1. The van der Waals surface area contributed by atoms with E-state index in [1.54, 1.807) is 18.9 Å². The molecule has 0 aliphatic heterocycles. The van der Waals surface area contributed by atoms with E-state index in [4.69, 9.17) is 4.74 Å². The van der Waals surface area contributed by atoms with Gasteiger partial charge >= 0.3 is 0 Å². The number of nitrogens with zero attached hydrogens (tertiary/aromatic N) is 1. The molecule has 4 aromatic rings. The molecule has 0 bridgehead atoms. The van der Waals surface area contributed by atoms with Gasteiger partial charge in [-0.25, -0.2) is 0 Å². The first-order valence-corrected chi connectivity index (χ1v) is 11.9. The molecule has 2 N–H and O–H groups in total. The van der Waals surface area contributed by atoms with E-state index in [0.29, 0.717) is 12.2 Å². The highest BCUT2D eigenvalue weighted by Gasteiger charge is 2.19. The monoisotopic (exact) mass is 459 g/mol. The lowest BCUT2D eigenvalue weighted by Gasteiger charge is -2.16. The van der Waals surface area contributed by atoms with Gasteiger partial charge in [-0.05, 0) is 49.8 Å². The maximum Gasteiger partial charge on any atom is 0.268 e. The number of rotatable bonds is 10. The van der Waals surface area contributed by atoms with Crippen molar-refractivity contribution in [1.29, 1.82) is 0 Å². The Hall–Kier alpha value is -3.22. The fourth-order valence-electron chi connectivity index (χ4n) is 3.76. The van der Waals surface area contributed by atoms with Crippen molar-refractivity contribution in [3.8, 4) is 5.75 Å². The topological polar surface area (TPSA) is 57.4 Å². The number of benzene rings is 3. The number of nitrogens with one attached hydrogen (secondary N) is 2. The zero-order valence-electron chi connectivity index (χ0n) is 19.0. The van der Waals surface area contributed by atoms with Crippen molar-refractivity contribution in [3.63, 3.8) is 0 Å². The van der Waals surface area contributed by atoms with Gasteiger partial charge in [-0.2, -0.15) is 0 Å². The van der Waals surface area contributed by atoms with Crippen LogP contribution in [-0.4, -0.2) is 43.0 Å². The van der Waals surface area contributed by atoms with Crippen LogP contribution in [0.4, 0.5) is 0 Å². The Kier molecular flexibility index (Phi) is 7.70. The van der Waals surface area contributed by atoms with E-state index in [-0.39, 0.29) is 5.91 Å². The highest BCUT2D eigenvalue weighted by atomic mass is 32.2. The summed E-state index contributed by atoms with van der Waals surface area (Å²) < 4.78 is 5.36. The molecule has 170 valence electrons. The van der Waals surface area contributed by atoms with Crippen molar-refractivity contribution in [2.45, 2.75) is 22.8 Å². The molecular weight excluding hydrogens is 430 g/mol. The Bertz CT molecular complexity index is 1190. The van der Waals surface area contributed by atoms with Crippen molar-refractivity contribution < 1.29 is 9.53 Å². The second-order valence-corrected chi connectivity index (χ2v) is 9.07. The lowest BCUT2D eigenvalue weighted by molar-refractivity contribution is 0.0945. The molecule has 1 heterocycles. The van der Waals surface area contributed by atoms with Crippen LogP contribution in [0.1, 0.15) is 22.5 Å². The summed E-state index contributed by atoms with van der Waals surface area (Å²) in [6, 6.07) is 26.4. The van der Waals surface area contributed by atoms with Gasteiger partial charge in [-0.3, -0.25) is 4.79 Å². The average molecular weight is 460 g/mol. The standard InChI is InChI=1S/C27H29N3O2S/c1-30(19-20-10-5-3-6-11-20)17-9-16-28-27(31)25-26(33-22-12-7-4-8-13-22)23-15-14-21(32-2)18-24(23)29-25/h3-8,10-15,18,29H,9,16-17,19H2,1-2H3,(H,28,31). The summed E-state index contributed by atoms with van der Waals surface area (Å²) in [4.78, 5) is 20.7. The lowest BCUT2D eigenvalue weighted by atomic mass is 10.2. The van der Waals surface area contributed by atoms with Gasteiger partial charge in [0.25, 0.3) is 5.91 Å². The Morgan fingerprint density at radius 2 is 1.76 bits per heavy atom. The van der Waals surface area contributed by atoms with Crippen molar-refractivity contribution in [2.24, 2.45) is 0 Å². The minimum atomic E-state index is -0.0886. The molecule has 0 spiro atoms. The second kappa shape index (κ2) is 11.1. The third kappa shape index (κ3) is 5.97. The number of carbonyl (C=O) groups excluding carboxylic acids is 1. The predicted molar refractivity (Wildman–Crippen MR) is 135 cm³/mol. The summed E-state index contributed by atoms with van der Waals surface area (Å²) in [5.74, 6) is 0.669. The third-order valence-electron chi connectivity index (χ3n) is 5.45. The minimum Gasteiger partial charge on any atom is -0.497 e. The molecule has 0 atom stereocenters. The number of carbonyl (C=O) groups is 1. The number of ether oxygens (including phenoxy) is 1. The van der Waals surface area contributed by atoms with Crippen molar-refractivity contribution in [3.05, 3.63) is 90.1 Å². The van der Waals surface area contributed by atoms with Gasteiger partial charge in [0.15, 0.2) is 0 Å². The van der Waals surface area contributed by atoms with Crippen LogP contribution in [-0.2, 0) is 6.54 Å². The van der Waals surface area contributed by atoms with Crippen LogP contribution in [0.15, 0.2) is 88.7 Å². The molecule has 4 rings (SSSR count). The quantitative estimate of drug-likeness (QED) is 0.304. The van der Waals surface area contributed by atoms with E-state index in [1.165, 1.54) is 5.56 Å². The van der Waals surface area contributed by atoms with E-state index in [0.717, 1.165) is 46.0 Å². The van der Waals surface area contributed by atoms with Gasteiger partial charge in [0.1, 0.15) is 11.4 Å². The van der Waals surface area contributed by atoms with Crippen molar-refractivity contribution >= 4 is 28.6 Å². The van der Waals surface area contributed by atoms with Crippen molar-refractivity contribution in [1.82, 2.24) is 15.2 Å².